The van der Waals surface area contributed by atoms with Crippen LogP contribution in [0, 0.1) is 11.3 Å². The normalized spacial score (nSPS) is 22.9. The second kappa shape index (κ2) is 4.21. The van der Waals surface area contributed by atoms with Crippen molar-refractivity contribution in [1.82, 2.24) is 0 Å². The Morgan fingerprint density at radius 1 is 1.44 bits per heavy atom. The lowest BCUT2D eigenvalue weighted by Crippen LogP contribution is -2.25. The summed E-state index contributed by atoms with van der Waals surface area (Å²) in [4.78, 5) is 4.09. The maximum absolute atomic E-state index is 12.5. The highest BCUT2D eigenvalue weighted by atomic mass is 32.2. The maximum Gasteiger partial charge on any atom is 0.416 e. The van der Waals surface area contributed by atoms with Crippen molar-refractivity contribution in [1.29, 1.82) is 5.26 Å². The lowest BCUT2D eigenvalue weighted by molar-refractivity contribution is -0.137. The molecule has 2 rings (SSSR count). The van der Waals surface area contributed by atoms with Crippen LogP contribution in [0.3, 0.4) is 0 Å². The summed E-state index contributed by atoms with van der Waals surface area (Å²) in [5.74, 6) is 0. The first-order chi connectivity index (χ1) is 8.34. The quantitative estimate of drug-likeness (QED) is 0.729. The summed E-state index contributed by atoms with van der Waals surface area (Å²) in [5, 5.41) is 7.94. The summed E-state index contributed by atoms with van der Waals surface area (Å²) in [6.07, 6.45) is -4.47. The van der Waals surface area contributed by atoms with Crippen LogP contribution in [-0.2, 0) is 17.0 Å². The Kier molecular flexibility index (Phi) is 2.99. The maximum atomic E-state index is 12.5. The number of nitrogens with zero attached hydrogens (tertiary/aromatic N) is 2. The van der Waals surface area contributed by atoms with Crippen molar-refractivity contribution in [2.24, 2.45) is 4.99 Å². The van der Waals surface area contributed by atoms with Gasteiger partial charge in [-0.3, -0.25) is 9.20 Å². The predicted molar refractivity (Wildman–Crippen MR) is 60.0 cm³/mol. The zero-order chi connectivity index (χ0) is 13.5. The third-order valence-corrected chi connectivity index (χ3v) is 4.16. The van der Waals surface area contributed by atoms with Crippen molar-refractivity contribution in [2.45, 2.75) is 23.2 Å². The zero-order valence-electron chi connectivity index (χ0n) is 9.15. The minimum Gasteiger partial charge on any atom is -0.254 e. The molecular weight excluding hydrogens is 265 g/mol. The fourth-order valence-electron chi connectivity index (χ4n) is 1.62. The van der Waals surface area contributed by atoms with E-state index < -0.39 is 27.8 Å². The van der Waals surface area contributed by atoms with E-state index in [1.807, 2.05) is 6.07 Å². The third-order valence-electron chi connectivity index (χ3n) is 2.51. The fourth-order valence-corrected chi connectivity index (χ4v) is 2.85. The molecule has 1 aromatic rings. The molecule has 1 heterocycles. The van der Waals surface area contributed by atoms with Gasteiger partial charge in [-0.1, -0.05) is 0 Å². The second-order valence-electron chi connectivity index (χ2n) is 3.74. The highest BCUT2D eigenvalue weighted by Crippen LogP contribution is 2.36. The lowest BCUT2D eigenvalue weighted by atomic mass is 10.2. The molecule has 0 aliphatic carbocycles. The third kappa shape index (κ3) is 2.04. The predicted octanol–water partition coefficient (Wildman–Crippen LogP) is 2.81. The molecule has 2 atom stereocenters. The van der Waals surface area contributed by atoms with E-state index in [-0.39, 0.29) is 16.3 Å². The Labute approximate surface area is 103 Å². The molecule has 1 aliphatic rings. The fraction of sp³-hybridized carbons (Fsp3) is 0.273. The average Bonchev–Trinajstić information content (AvgIpc) is 2.27. The molecule has 0 fully saturated rings. The van der Waals surface area contributed by atoms with E-state index >= 15 is 0 Å². The Balaban J connectivity index is 2.58. The minimum absolute atomic E-state index is 0.0205. The number of alkyl halides is 3. The zero-order valence-corrected chi connectivity index (χ0v) is 9.97. The van der Waals surface area contributed by atoms with E-state index in [0.717, 1.165) is 18.2 Å². The molecule has 0 aromatic heterocycles. The van der Waals surface area contributed by atoms with Crippen molar-refractivity contribution in [3.05, 3.63) is 23.8 Å². The molecule has 0 bridgehead atoms. The molecule has 2 unspecified atom stereocenters. The summed E-state index contributed by atoms with van der Waals surface area (Å²) in [7, 11) is -1.68. The number of hydrogen-bond donors (Lipinski definition) is 0. The van der Waals surface area contributed by atoms with Gasteiger partial charge in [-0.2, -0.15) is 18.4 Å². The van der Waals surface area contributed by atoms with Crippen LogP contribution in [0.15, 0.2) is 28.1 Å². The van der Waals surface area contributed by atoms with Crippen molar-refractivity contribution in [3.63, 3.8) is 0 Å². The van der Waals surface area contributed by atoms with Gasteiger partial charge >= 0.3 is 6.18 Å². The van der Waals surface area contributed by atoms with Gasteiger partial charge in [0.2, 0.25) is 0 Å². The number of aliphatic imine (C=N–C) groups is 1. The van der Waals surface area contributed by atoms with Crippen LogP contribution in [-0.4, -0.2) is 15.2 Å². The number of benzene rings is 1. The van der Waals surface area contributed by atoms with Gasteiger partial charge in [-0.25, -0.2) is 0 Å². The molecule has 94 valence electrons. The van der Waals surface area contributed by atoms with E-state index in [4.69, 9.17) is 5.26 Å². The van der Waals surface area contributed by atoms with Gasteiger partial charge in [0.05, 0.1) is 33.0 Å². The number of halogens is 3. The van der Waals surface area contributed by atoms with Gasteiger partial charge in [0.15, 0.2) is 5.25 Å². The second-order valence-corrected chi connectivity index (χ2v) is 5.25. The number of rotatable bonds is 0. The van der Waals surface area contributed by atoms with Crippen LogP contribution >= 0.6 is 0 Å². The highest BCUT2D eigenvalue weighted by Gasteiger charge is 2.34. The Morgan fingerprint density at radius 2 is 2.11 bits per heavy atom. The lowest BCUT2D eigenvalue weighted by Gasteiger charge is -2.18. The van der Waals surface area contributed by atoms with Gasteiger partial charge in [0, 0.05) is 5.71 Å². The summed E-state index contributed by atoms with van der Waals surface area (Å²) < 4.78 is 49.5. The summed E-state index contributed by atoms with van der Waals surface area (Å²) >= 11 is 0. The minimum atomic E-state index is -4.47. The summed E-state index contributed by atoms with van der Waals surface area (Å²) in [6, 6.07) is 4.66. The van der Waals surface area contributed by atoms with E-state index in [9.17, 15) is 17.4 Å². The molecule has 0 N–H and O–H groups in total. The molecule has 0 amide bonds. The standard InChI is InChI=1S/C11H7F3N2OS/c1-6-10(5-15)18(17)9-3-2-7(11(12,13)14)4-8(9)16-6/h2-4,10H,1H3. The summed E-state index contributed by atoms with van der Waals surface area (Å²) in [5.41, 5.74) is -0.556. The Hall–Kier alpha value is -1.68. The van der Waals surface area contributed by atoms with Crippen molar-refractivity contribution in [3.8, 4) is 6.07 Å². The van der Waals surface area contributed by atoms with E-state index in [2.05, 4.69) is 4.99 Å². The first-order valence-corrected chi connectivity index (χ1v) is 6.12. The van der Waals surface area contributed by atoms with Crippen molar-refractivity contribution in [2.75, 3.05) is 0 Å². The Bertz CT molecular complexity index is 601. The molecule has 7 heteroatoms. The SMILES string of the molecule is CC1=Nc2cc(C(F)(F)F)ccc2S(=O)C1C#N. The molecule has 0 saturated carbocycles. The topological polar surface area (TPSA) is 53.2 Å². The number of hydrogen-bond acceptors (Lipinski definition) is 3. The van der Waals surface area contributed by atoms with Gasteiger partial charge in [0.1, 0.15) is 0 Å². The summed E-state index contributed by atoms with van der Waals surface area (Å²) in [6.45, 7) is 1.48. The van der Waals surface area contributed by atoms with Crippen LogP contribution in [0.4, 0.5) is 18.9 Å². The molecule has 3 nitrogen and oxygen atoms in total. The van der Waals surface area contributed by atoms with E-state index in [1.54, 1.807) is 0 Å². The Morgan fingerprint density at radius 3 is 2.67 bits per heavy atom. The molecule has 1 aromatic carbocycles. The molecular formula is C11H7F3N2OS. The molecule has 0 saturated heterocycles. The average molecular weight is 272 g/mol. The van der Waals surface area contributed by atoms with Crippen LogP contribution in [0.2, 0.25) is 0 Å². The molecule has 0 spiro atoms. The largest absolute Gasteiger partial charge is 0.416 e. The van der Waals surface area contributed by atoms with E-state index in [0.29, 0.717) is 0 Å². The first kappa shape index (κ1) is 12.8. The van der Waals surface area contributed by atoms with Crippen LogP contribution < -0.4 is 0 Å². The van der Waals surface area contributed by atoms with Gasteiger partial charge in [-0.15, -0.1) is 0 Å². The van der Waals surface area contributed by atoms with Crippen LogP contribution in [0.5, 0.6) is 0 Å². The van der Waals surface area contributed by atoms with Crippen LogP contribution in [0.25, 0.3) is 0 Å². The van der Waals surface area contributed by atoms with Gasteiger partial charge in [-0.05, 0) is 25.1 Å². The first-order valence-electron chi connectivity index (χ1n) is 4.91. The van der Waals surface area contributed by atoms with Crippen molar-refractivity contribution < 1.29 is 17.4 Å². The highest BCUT2D eigenvalue weighted by molar-refractivity contribution is 7.87. The van der Waals surface area contributed by atoms with E-state index in [1.165, 1.54) is 6.92 Å². The number of nitriles is 1. The molecule has 0 radical (unpaired) electrons. The smallest absolute Gasteiger partial charge is 0.254 e. The molecule has 1 aliphatic heterocycles. The number of fused-ring (bicyclic) bond motifs is 1. The van der Waals surface area contributed by atoms with Gasteiger partial charge < -0.3 is 0 Å². The monoisotopic (exact) mass is 272 g/mol. The van der Waals surface area contributed by atoms with Gasteiger partial charge in [0.25, 0.3) is 0 Å². The van der Waals surface area contributed by atoms with Crippen molar-refractivity contribution >= 4 is 22.2 Å². The van der Waals surface area contributed by atoms with Crippen LogP contribution in [0.1, 0.15) is 12.5 Å². The molecule has 18 heavy (non-hydrogen) atoms.